The largest absolute Gasteiger partial charge is 0.260 e. The number of hydrogen-bond donors (Lipinski definition) is 0. The van der Waals surface area contributed by atoms with Crippen molar-refractivity contribution in [2.45, 2.75) is 0 Å². The summed E-state index contributed by atoms with van der Waals surface area (Å²) in [5, 5.41) is 6.54. The topological polar surface area (TPSA) is 30.7 Å². The molecule has 3 nitrogen and oxygen atoms in total. The van der Waals surface area contributed by atoms with Crippen molar-refractivity contribution in [1.82, 2.24) is 14.8 Å². The van der Waals surface area contributed by atoms with Crippen molar-refractivity contribution in [3.8, 4) is 11.3 Å². The van der Waals surface area contributed by atoms with Crippen LogP contribution in [0.3, 0.4) is 0 Å². The third-order valence-corrected chi connectivity index (χ3v) is 4.29. The fourth-order valence-electron chi connectivity index (χ4n) is 1.99. The van der Waals surface area contributed by atoms with E-state index in [0.29, 0.717) is 15.7 Å². The minimum atomic E-state index is 0.516. The van der Waals surface area contributed by atoms with E-state index in [1.807, 2.05) is 25.2 Å². The van der Waals surface area contributed by atoms with Gasteiger partial charge in [0, 0.05) is 24.2 Å². The third-order valence-electron chi connectivity index (χ3n) is 2.86. The summed E-state index contributed by atoms with van der Waals surface area (Å²) in [6, 6.07) is 7.59. The Morgan fingerprint density at radius 1 is 1.26 bits per heavy atom. The monoisotopic (exact) mass is 355 g/mol. The van der Waals surface area contributed by atoms with Crippen molar-refractivity contribution in [3.63, 3.8) is 0 Å². The zero-order chi connectivity index (χ0) is 13.6. The Morgan fingerprint density at radius 3 is 2.79 bits per heavy atom. The molecule has 0 amide bonds. The Morgan fingerprint density at radius 2 is 2.05 bits per heavy atom. The van der Waals surface area contributed by atoms with E-state index in [-0.39, 0.29) is 0 Å². The van der Waals surface area contributed by atoms with E-state index in [4.69, 9.17) is 23.2 Å². The van der Waals surface area contributed by atoms with Gasteiger partial charge in [-0.2, -0.15) is 5.10 Å². The third kappa shape index (κ3) is 2.14. The molecule has 0 N–H and O–H groups in total. The predicted molar refractivity (Wildman–Crippen MR) is 81.7 cm³/mol. The van der Waals surface area contributed by atoms with Crippen molar-refractivity contribution in [2.24, 2.45) is 7.05 Å². The molecule has 0 unspecified atom stereocenters. The summed E-state index contributed by atoms with van der Waals surface area (Å²) in [5.41, 5.74) is 2.43. The van der Waals surface area contributed by atoms with Crippen LogP contribution in [0.15, 0.2) is 35.1 Å². The molecule has 0 radical (unpaired) electrons. The minimum absolute atomic E-state index is 0.516. The highest BCUT2D eigenvalue weighted by Gasteiger charge is 2.14. The van der Waals surface area contributed by atoms with Crippen LogP contribution in [0.25, 0.3) is 22.2 Å². The molecule has 0 atom stereocenters. The van der Waals surface area contributed by atoms with Gasteiger partial charge in [0.1, 0.15) is 10.1 Å². The van der Waals surface area contributed by atoms with E-state index >= 15 is 0 Å². The molecule has 6 heteroatoms. The molecule has 2 heterocycles. The second-order valence-electron chi connectivity index (χ2n) is 4.10. The summed E-state index contributed by atoms with van der Waals surface area (Å²) in [6.07, 6.45) is 1.58. The van der Waals surface area contributed by atoms with Crippen LogP contribution in [-0.2, 0) is 7.05 Å². The molecule has 0 spiro atoms. The van der Waals surface area contributed by atoms with Gasteiger partial charge < -0.3 is 0 Å². The normalized spacial score (nSPS) is 11.2. The zero-order valence-electron chi connectivity index (χ0n) is 9.86. The van der Waals surface area contributed by atoms with Crippen molar-refractivity contribution in [3.05, 3.63) is 45.1 Å². The molecule has 0 bridgehead atoms. The molecular weight excluding hydrogens is 349 g/mol. The summed E-state index contributed by atoms with van der Waals surface area (Å²) < 4.78 is 2.70. The van der Waals surface area contributed by atoms with Crippen LogP contribution < -0.4 is 0 Å². The van der Waals surface area contributed by atoms with Crippen molar-refractivity contribution in [1.29, 1.82) is 0 Å². The molecule has 0 aliphatic rings. The highest BCUT2D eigenvalue weighted by molar-refractivity contribution is 9.10. The fraction of sp³-hybridized carbons (Fsp3) is 0.0769. The highest BCUT2D eigenvalue weighted by Crippen LogP contribution is 2.34. The maximum atomic E-state index is 6.22. The summed E-state index contributed by atoms with van der Waals surface area (Å²) in [7, 11) is 1.88. The van der Waals surface area contributed by atoms with Crippen LogP contribution >= 0.6 is 39.1 Å². The first-order chi connectivity index (χ1) is 9.08. The predicted octanol–water partition coefficient (Wildman–Crippen LogP) is 4.70. The van der Waals surface area contributed by atoms with E-state index in [2.05, 4.69) is 26.0 Å². The number of halogens is 3. The van der Waals surface area contributed by atoms with E-state index in [0.717, 1.165) is 21.1 Å². The summed E-state index contributed by atoms with van der Waals surface area (Å²) >= 11 is 15.6. The molecule has 1 aromatic carbocycles. The zero-order valence-corrected chi connectivity index (χ0v) is 13.0. The SMILES string of the molecule is Cn1nc2c(-c3ncc(Cl)cc3Cl)cccc2c1Br. The maximum absolute atomic E-state index is 6.22. The first-order valence-corrected chi connectivity index (χ1v) is 7.05. The van der Waals surface area contributed by atoms with Gasteiger partial charge in [-0.05, 0) is 28.1 Å². The standard InChI is InChI=1S/C13H8BrCl2N3/c1-19-13(14)9-4-2-3-8(11(9)18-19)12-10(16)5-7(15)6-17-12/h2-6H,1H3. The number of nitrogens with zero attached hydrogens (tertiary/aromatic N) is 3. The van der Waals surface area contributed by atoms with Crippen LogP contribution in [0.5, 0.6) is 0 Å². The van der Waals surface area contributed by atoms with Gasteiger partial charge in [-0.15, -0.1) is 0 Å². The van der Waals surface area contributed by atoms with Gasteiger partial charge in [-0.25, -0.2) is 0 Å². The molecule has 0 aliphatic carbocycles. The Labute approximate surface area is 128 Å². The number of pyridine rings is 1. The quantitative estimate of drug-likeness (QED) is 0.632. The lowest BCUT2D eigenvalue weighted by atomic mass is 10.1. The van der Waals surface area contributed by atoms with Crippen molar-refractivity contribution in [2.75, 3.05) is 0 Å². The molecule has 19 heavy (non-hydrogen) atoms. The van der Waals surface area contributed by atoms with Crippen LogP contribution in [0.4, 0.5) is 0 Å². The molecular formula is C13H8BrCl2N3. The molecule has 2 aromatic heterocycles. The Hall–Kier alpha value is -1.10. The number of benzene rings is 1. The average Bonchev–Trinajstić information content (AvgIpc) is 2.66. The van der Waals surface area contributed by atoms with Crippen molar-refractivity contribution < 1.29 is 0 Å². The molecule has 96 valence electrons. The summed E-state index contributed by atoms with van der Waals surface area (Å²) in [6.45, 7) is 0. The molecule has 3 aromatic rings. The lowest BCUT2D eigenvalue weighted by molar-refractivity contribution is 0.761. The van der Waals surface area contributed by atoms with Crippen LogP contribution in [0.2, 0.25) is 10.0 Å². The molecule has 0 saturated heterocycles. The van der Waals surface area contributed by atoms with Crippen LogP contribution in [-0.4, -0.2) is 14.8 Å². The number of fused-ring (bicyclic) bond motifs is 1. The molecule has 0 aliphatic heterocycles. The van der Waals surface area contributed by atoms with E-state index in [1.165, 1.54) is 0 Å². The molecule has 0 saturated carbocycles. The van der Waals surface area contributed by atoms with Gasteiger partial charge in [-0.1, -0.05) is 35.3 Å². The molecule has 3 rings (SSSR count). The maximum Gasteiger partial charge on any atom is 0.111 e. The summed E-state index contributed by atoms with van der Waals surface area (Å²) in [5.74, 6) is 0. The lowest BCUT2D eigenvalue weighted by Crippen LogP contribution is -1.90. The Kier molecular flexibility index (Phi) is 3.25. The lowest BCUT2D eigenvalue weighted by Gasteiger charge is -2.04. The molecule has 0 fully saturated rings. The first kappa shape index (κ1) is 12.9. The van der Waals surface area contributed by atoms with Crippen LogP contribution in [0, 0.1) is 0 Å². The van der Waals surface area contributed by atoms with Gasteiger partial charge in [-0.3, -0.25) is 9.67 Å². The fourth-order valence-corrected chi connectivity index (χ4v) is 2.87. The Bertz CT molecular complexity index is 783. The van der Waals surface area contributed by atoms with Gasteiger partial charge in [0.05, 0.1) is 15.7 Å². The van der Waals surface area contributed by atoms with Crippen LogP contribution in [0.1, 0.15) is 0 Å². The summed E-state index contributed by atoms with van der Waals surface area (Å²) in [4.78, 5) is 4.31. The smallest absolute Gasteiger partial charge is 0.111 e. The number of aromatic nitrogens is 3. The average molecular weight is 357 g/mol. The van der Waals surface area contributed by atoms with E-state index in [9.17, 15) is 0 Å². The van der Waals surface area contributed by atoms with E-state index in [1.54, 1.807) is 16.9 Å². The number of aryl methyl sites for hydroxylation is 1. The Balaban J connectivity index is 2.33. The second-order valence-corrected chi connectivity index (χ2v) is 5.69. The van der Waals surface area contributed by atoms with Gasteiger partial charge >= 0.3 is 0 Å². The van der Waals surface area contributed by atoms with Gasteiger partial charge in [0.15, 0.2) is 0 Å². The number of rotatable bonds is 1. The van der Waals surface area contributed by atoms with E-state index < -0.39 is 0 Å². The van der Waals surface area contributed by atoms with Gasteiger partial charge in [0.25, 0.3) is 0 Å². The highest BCUT2D eigenvalue weighted by atomic mass is 79.9. The minimum Gasteiger partial charge on any atom is -0.260 e. The van der Waals surface area contributed by atoms with Gasteiger partial charge in [0.2, 0.25) is 0 Å². The second kappa shape index (κ2) is 4.78. The number of hydrogen-bond acceptors (Lipinski definition) is 2. The first-order valence-electron chi connectivity index (χ1n) is 5.50. The van der Waals surface area contributed by atoms with Crippen molar-refractivity contribution >= 4 is 50.0 Å².